The van der Waals surface area contributed by atoms with Crippen LogP contribution in [-0.2, 0) is 6.54 Å². The van der Waals surface area contributed by atoms with Crippen LogP contribution in [0.2, 0.25) is 0 Å². The minimum absolute atomic E-state index is 0.0341. The van der Waals surface area contributed by atoms with Crippen LogP contribution in [0.1, 0.15) is 25.6 Å². The van der Waals surface area contributed by atoms with Crippen LogP contribution >= 0.6 is 0 Å². The summed E-state index contributed by atoms with van der Waals surface area (Å²) in [6.07, 6.45) is 3.58. The van der Waals surface area contributed by atoms with E-state index in [9.17, 15) is 0 Å². The Morgan fingerprint density at radius 3 is 3.00 bits per heavy atom. The first-order chi connectivity index (χ1) is 5.61. The van der Waals surface area contributed by atoms with Gasteiger partial charge in [0.15, 0.2) is 0 Å². The van der Waals surface area contributed by atoms with Crippen molar-refractivity contribution in [3.8, 4) is 0 Å². The molecule has 1 aromatic rings. The third kappa shape index (κ3) is 1.95. The molecular formula is C9H15N3. The van der Waals surface area contributed by atoms with Crippen LogP contribution in [0.4, 0.5) is 0 Å². The van der Waals surface area contributed by atoms with Crippen LogP contribution in [-0.4, -0.2) is 9.55 Å². The van der Waals surface area contributed by atoms with Crippen molar-refractivity contribution < 1.29 is 0 Å². The fourth-order valence-corrected chi connectivity index (χ4v) is 1.13. The molecule has 12 heavy (non-hydrogen) atoms. The van der Waals surface area contributed by atoms with Gasteiger partial charge in [0.1, 0.15) is 0 Å². The number of allylic oxidation sites excluding steroid dienone is 1. The molecule has 0 amide bonds. The first-order valence-electron chi connectivity index (χ1n) is 4.01. The Bertz CT molecular complexity index is 273. The van der Waals surface area contributed by atoms with E-state index in [4.69, 9.17) is 5.73 Å². The lowest BCUT2D eigenvalue weighted by atomic mass is 10.2. The average molecular weight is 165 g/mol. The van der Waals surface area contributed by atoms with Crippen LogP contribution < -0.4 is 5.73 Å². The summed E-state index contributed by atoms with van der Waals surface area (Å²) in [5, 5.41) is 0. The van der Waals surface area contributed by atoms with Gasteiger partial charge < -0.3 is 10.3 Å². The van der Waals surface area contributed by atoms with Gasteiger partial charge in [0.05, 0.1) is 12.0 Å². The molecule has 1 aromatic heterocycles. The van der Waals surface area contributed by atoms with Gasteiger partial charge >= 0.3 is 0 Å². The van der Waals surface area contributed by atoms with E-state index >= 15 is 0 Å². The molecule has 0 fully saturated rings. The molecular weight excluding hydrogens is 150 g/mol. The third-order valence-electron chi connectivity index (χ3n) is 1.65. The smallest absolute Gasteiger partial charge is 0.0951 e. The van der Waals surface area contributed by atoms with Crippen molar-refractivity contribution in [3.05, 3.63) is 30.4 Å². The quantitative estimate of drug-likeness (QED) is 0.689. The summed E-state index contributed by atoms with van der Waals surface area (Å²) >= 11 is 0. The standard InChI is InChI=1S/C9H15N3/c1-7(2)5-12-6-11-4-9(12)8(3)10/h4,6,8H,1,5,10H2,2-3H3/t8-/m1/s1. The van der Waals surface area contributed by atoms with Gasteiger partial charge in [0, 0.05) is 18.8 Å². The summed E-state index contributed by atoms with van der Waals surface area (Å²) < 4.78 is 2.02. The Morgan fingerprint density at radius 1 is 1.83 bits per heavy atom. The van der Waals surface area contributed by atoms with Gasteiger partial charge in [0.25, 0.3) is 0 Å². The van der Waals surface area contributed by atoms with E-state index in [0.717, 1.165) is 17.8 Å². The topological polar surface area (TPSA) is 43.8 Å². The van der Waals surface area contributed by atoms with Crippen LogP contribution in [0.5, 0.6) is 0 Å². The first kappa shape index (κ1) is 9.00. The fraction of sp³-hybridized carbons (Fsp3) is 0.444. The highest BCUT2D eigenvalue weighted by molar-refractivity contribution is 5.05. The number of aromatic nitrogens is 2. The summed E-state index contributed by atoms with van der Waals surface area (Å²) in [5.74, 6) is 0. The second kappa shape index (κ2) is 3.54. The average Bonchev–Trinajstić information content (AvgIpc) is 2.33. The number of imidazole rings is 1. The molecule has 0 aliphatic carbocycles. The molecule has 0 saturated heterocycles. The summed E-state index contributed by atoms with van der Waals surface area (Å²) in [6, 6.07) is 0.0341. The molecule has 1 atom stereocenters. The lowest BCUT2D eigenvalue weighted by Crippen LogP contribution is -2.12. The van der Waals surface area contributed by atoms with Crippen LogP contribution in [0, 0.1) is 0 Å². The normalized spacial score (nSPS) is 12.9. The number of nitrogens with zero attached hydrogens (tertiary/aromatic N) is 2. The van der Waals surface area contributed by atoms with E-state index in [-0.39, 0.29) is 6.04 Å². The maximum absolute atomic E-state index is 5.74. The zero-order valence-corrected chi connectivity index (χ0v) is 7.62. The Hall–Kier alpha value is -1.09. The van der Waals surface area contributed by atoms with Crippen LogP contribution in [0.15, 0.2) is 24.7 Å². The monoisotopic (exact) mass is 165 g/mol. The van der Waals surface area contributed by atoms with Crippen molar-refractivity contribution in [3.63, 3.8) is 0 Å². The lowest BCUT2D eigenvalue weighted by Gasteiger charge is -2.09. The molecule has 0 aliphatic heterocycles. The lowest BCUT2D eigenvalue weighted by molar-refractivity contribution is 0.669. The number of nitrogens with two attached hydrogens (primary N) is 1. The minimum Gasteiger partial charge on any atom is -0.329 e. The molecule has 0 spiro atoms. The Kier molecular flexibility index (Phi) is 2.65. The van der Waals surface area contributed by atoms with Crippen molar-refractivity contribution in [2.75, 3.05) is 0 Å². The highest BCUT2D eigenvalue weighted by atomic mass is 15.1. The Morgan fingerprint density at radius 2 is 2.50 bits per heavy atom. The van der Waals surface area contributed by atoms with E-state index in [1.165, 1.54) is 0 Å². The highest BCUT2D eigenvalue weighted by Gasteiger charge is 2.05. The molecule has 3 nitrogen and oxygen atoms in total. The number of hydrogen-bond acceptors (Lipinski definition) is 2. The molecule has 0 aromatic carbocycles. The van der Waals surface area contributed by atoms with E-state index in [1.807, 2.05) is 18.4 Å². The van der Waals surface area contributed by atoms with Gasteiger partial charge in [-0.2, -0.15) is 0 Å². The van der Waals surface area contributed by atoms with Gasteiger partial charge in [-0.25, -0.2) is 4.98 Å². The second-order valence-corrected chi connectivity index (χ2v) is 3.19. The molecule has 0 radical (unpaired) electrons. The molecule has 66 valence electrons. The second-order valence-electron chi connectivity index (χ2n) is 3.19. The molecule has 1 heterocycles. The maximum Gasteiger partial charge on any atom is 0.0951 e. The predicted molar refractivity (Wildman–Crippen MR) is 49.6 cm³/mol. The third-order valence-corrected chi connectivity index (χ3v) is 1.65. The van der Waals surface area contributed by atoms with E-state index < -0.39 is 0 Å². The molecule has 0 bridgehead atoms. The highest BCUT2D eigenvalue weighted by Crippen LogP contribution is 2.09. The molecule has 0 saturated carbocycles. The van der Waals surface area contributed by atoms with Crippen molar-refractivity contribution in [1.82, 2.24) is 9.55 Å². The van der Waals surface area contributed by atoms with E-state index in [1.54, 1.807) is 12.5 Å². The first-order valence-corrected chi connectivity index (χ1v) is 4.01. The molecule has 3 heteroatoms. The van der Waals surface area contributed by atoms with E-state index in [0.29, 0.717) is 0 Å². The fourth-order valence-electron chi connectivity index (χ4n) is 1.13. The zero-order chi connectivity index (χ0) is 9.14. The van der Waals surface area contributed by atoms with Gasteiger partial charge in [-0.05, 0) is 13.8 Å². The van der Waals surface area contributed by atoms with Gasteiger partial charge in [-0.15, -0.1) is 0 Å². The summed E-state index contributed by atoms with van der Waals surface area (Å²) in [4.78, 5) is 4.04. The largest absolute Gasteiger partial charge is 0.329 e. The van der Waals surface area contributed by atoms with Crippen LogP contribution in [0.3, 0.4) is 0 Å². The molecule has 0 unspecified atom stereocenters. The summed E-state index contributed by atoms with van der Waals surface area (Å²) in [7, 11) is 0. The van der Waals surface area contributed by atoms with Gasteiger partial charge in [-0.1, -0.05) is 12.2 Å². The maximum atomic E-state index is 5.74. The number of rotatable bonds is 3. The molecule has 1 rings (SSSR count). The Balaban J connectivity index is 2.84. The van der Waals surface area contributed by atoms with Crippen molar-refractivity contribution >= 4 is 0 Å². The van der Waals surface area contributed by atoms with Crippen molar-refractivity contribution in [2.45, 2.75) is 26.4 Å². The van der Waals surface area contributed by atoms with Crippen LogP contribution in [0.25, 0.3) is 0 Å². The predicted octanol–water partition coefficient (Wildman–Crippen LogP) is 1.48. The molecule has 0 aliphatic rings. The minimum atomic E-state index is 0.0341. The van der Waals surface area contributed by atoms with Crippen molar-refractivity contribution in [1.29, 1.82) is 0 Å². The number of hydrogen-bond donors (Lipinski definition) is 1. The van der Waals surface area contributed by atoms with Crippen molar-refractivity contribution in [2.24, 2.45) is 5.73 Å². The zero-order valence-electron chi connectivity index (χ0n) is 7.62. The Labute approximate surface area is 72.9 Å². The van der Waals surface area contributed by atoms with Gasteiger partial charge in [0.2, 0.25) is 0 Å². The van der Waals surface area contributed by atoms with Gasteiger partial charge in [-0.3, -0.25) is 0 Å². The summed E-state index contributed by atoms with van der Waals surface area (Å²) in [6.45, 7) is 8.58. The van der Waals surface area contributed by atoms with E-state index in [2.05, 4.69) is 11.6 Å². The molecule has 2 N–H and O–H groups in total. The summed E-state index contributed by atoms with van der Waals surface area (Å²) in [5.41, 5.74) is 7.90. The SMILES string of the molecule is C=C(C)Cn1cncc1[C@@H](C)N.